The van der Waals surface area contributed by atoms with Gasteiger partial charge in [0.15, 0.2) is 0 Å². The molecule has 0 aliphatic carbocycles. The second-order valence-corrected chi connectivity index (χ2v) is 5.69. The Morgan fingerprint density at radius 1 is 1.13 bits per heavy atom. The smallest absolute Gasteiger partial charge is 0.335 e. The molecule has 1 aromatic carbocycles. The molecule has 9 heteroatoms. The van der Waals surface area contributed by atoms with Crippen LogP contribution in [-0.4, -0.2) is 27.5 Å². The zero-order valence-corrected chi connectivity index (χ0v) is 12.9. The highest BCUT2D eigenvalue weighted by Crippen LogP contribution is 2.25. The maximum Gasteiger partial charge on any atom is 0.335 e. The van der Waals surface area contributed by atoms with Gasteiger partial charge in [0.1, 0.15) is 5.82 Å². The molecule has 3 rings (SSSR count). The lowest BCUT2D eigenvalue weighted by molar-refractivity contribution is 0.0696. The molecular weight excluding hydrogens is 370 g/mol. The van der Waals surface area contributed by atoms with Gasteiger partial charge in [-0.3, -0.25) is 24.3 Å². The zero-order valence-electron chi connectivity index (χ0n) is 11.3. The minimum absolute atomic E-state index is 0.0679. The minimum Gasteiger partial charge on any atom is -0.478 e. The lowest BCUT2D eigenvalue weighted by atomic mass is 10.1. The summed E-state index contributed by atoms with van der Waals surface area (Å²) < 4.78 is 1.40. The van der Waals surface area contributed by atoms with Crippen LogP contribution in [0.25, 0.3) is 5.69 Å². The quantitative estimate of drug-likeness (QED) is 0.662. The summed E-state index contributed by atoms with van der Waals surface area (Å²) in [6, 6.07) is 5.07. The summed E-state index contributed by atoms with van der Waals surface area (Å²) in [6.45, 7) is 0. The van der Waals surface area contributed by atoms with Gasteiger partial charge >= 0.3 is 5.97 Å². The molecule has 0 saturated carbocycles. The fraction of sp³-hybridized carbons (Fsp3) is 0. The molecule has 1 aromatic heterocycles. The van der Waals surface area contributed by atoms with Gasteiger partial charge in [0, 0.05) is 10.5 Å². The molecule has 0 unspecified atom stereocenters. The van der Waals surface area contributed by atoms with Crippen LogP contribution in [0.3, 0.4) is 0 Å². The lowest BCUT2D eigenvalue weighted by Gasteiger charge is -2.13. The number of pyridine rings is 1. The van der Waals surface area contributed by atoms with Crippen LogP contribution in [0.5, 0.6) is 0 Å². The van der Waals surface area contributed by atoms with E-state index in [9.17, 15) is 19.2 Å². The highest BCUT2D eigenvalue weighted by Gasteiger charge is 2.31. The monoisotopic (exact) mass is 377 g/mol. The van der Waals surface area contributed by atoms with Crippen molar-refractivity contribution in [1.29, 1.82) is 0 Å². The molecular formula is C14H8BrN3O5. The molecule has 2 amide bonds. The molecule has 0 atom stereocenters. The van der Waals surface area contributed by atoms with Crippen molar-refractivity contribution in [1.82, 2.24) is 9.88 Å². The number of nitrogens with one attached hydrogen (secondary N) is 1. The van der Waals surface area contributed by atoms with Crippen molar-refractivity contribution in [3.05, 3.63) is 55.8 Å². The number of hydrogen-bond acceptors (Lipinski definition) is 5. The Labute approximate surface area is 136 Å². The summed E-state index contributed by atoms with van der Waals surface area (Å²) in [6.07, 6.45) is 0. The van der Waals surface area contributed by atoms with E-state index in [4.69, 9.17) is 10.8 Å². The first-order valence-corrected chi connectivity index (χ1v) is 7.04. The van der Waals surface area contributed by atoms with Crippen LogP contribution < -0.4 is 16.6 Å². The molecule has 8 nitrogen and oxygen atoms in total. The molecule has 1 aliphatic heterocycles. The summed E-state index contributed by atoms with van der Waals surface area (Å²) in [4.78, 5) is 46.8. The van der Waals surface area contributed by atoms with Gasteiger partial charge in [-0.2, -0.15) is 0 Å². The van der Waals surface area contributed by atoms with Crippen LogP contribution in [0.2, 0.25) is 0 Å². The summed E-state index contributed by atoms with van der Waals surface area (Å²) in [5.41, 5.74) is 5.12. The van der Waals surface area contributed by atoms with Crippen molar-refractivity contribution < 1.29 is 19.5 Å². The Morgan fingerprint density at radius 2 is 1.83 bits per heavy atom. The van der Waals surface area contributed by atoms with Crippen molar-refractivity contribution >= 4 is 39.5 Å². The van der Waals surface area contributed by atoms with E-state index in [0.717, 1.165) is 10.6 Å². The van der Waals surface area contributed by atoms with E-state index in [1.807, 2.05) is 0 Å². The number of carboxylic acids is 1. The largest absolute Gasteiger partial charge is 0.478 e. The second kappa shape index (κ2) is 5.06. The van der Waals surface area contributed by atoms with Gasteiger partial charge in [-0.05, 0) is 18.2 Å². The zero-order chi connectivity index (χ0) is 16.9. The van der Waals surface area contributed by atoms with Crippen molar-refractivity contribution in [3.63, 3.8) is 0 Å². The number of nitrogen functional groups attached to an aromatic ring is 1. The van der Waals surface area contributed by atoms with Gasteiger partial charge < -0.3 is 10.8 Å². The Bertz CT molecular complexity index is 964. The van der Waals surface area contributed by atoms with Crippen molar-refractivity contribution in [3.8, 4) is 5.69 Å². The Kier molecular flexibility index (Phi) is 3.29. The summed E-state index contributed by atoms with van der Waals surface area (Å²) in [7, 11) is 0. The third kappa shape index (κ3) is 2.30. The molecule has 0 spiro atoms. The average molecular weight is 378 g/mol. The topological polar surface area (TPSA) is 131 Å². The van der Waals surface area contributed by atoms with Crippen molar-refractivity contribution in [2.24, 2.45) is 0 Å². The number of benzene rings is 1. The molecule has 0 saturated heterocycles. The van der Waals surface area contributed by atoms with E-state index < -0.39 is 23.3 Å². The van der Waals surface area contributed by atoms with Crippen molar-refractivity contribution in [2.45, 2.75) is 0 Å². The highest BCUT2D eigenvalue weighted by molar-refractivity contribution is 9.10. The second-order valence-electron chi connectivity index (χ2n) is 4.78. The maximum absolute atomic E-state index is 12.3. The molecule has 1 aliphatic rings. The van der Waals surface area contributed by atoms with Gasteiger partial charge in [0.25, 0.3) is 17.4 Å². The number of aromatic carboxylic acids is 1. The Morgan fingerprint density at radius 3 is 2.48 bits per heavy atom. The number of nitrogens with two attached hydrogens (primary N) is 1. The first kappa shape index (κ1) is 15.0. The Hall–Kier alpha value is -2.94. The molecule has 4 N–H and O–H groups in total. The van der Waals surface area contributed by atoms with E-state index in [1.54, 1.807) is 0 Å². The van der Waals surface area contributed by atoms with Crippen LogP contribution in [0.1, 0.15) is 31.1 Å². The lowest BCUT2D eigenvalue weighted by Crippen LogP contribution is -2.24. The number of aromatic nitrogens is 1. The number of imide groups is 1. The first-order chi connectivity index (χ1) is 10.8. The van der Waals surface area contributed by atoms with Crippen LogP contribution in [0.4, 0.5) is 5.82 Å². The van der Waals surface area contributed by atoms with Crippen LogP contribution in [0.15, 0.2) is 33.5 Å². The van der Waals surface area contributed by atoms with Gasteiger partial charge in [0.2, 0.25) is 0 Å². The van der Waals surface area contributed by atoms with Gasteiger partial charge in [-0.1, -0.05) is 15.9 Å². The summed E-state index contributed by atoms with van der Waals surface area (Å²) >= 11 is 3.16. The van der Waals surface area contributed by atoms with Crippen LogP contribution in [0, 0.1) is 0 Å². The third-order valence-corrected chi connectivity index (χ3v) is 3.80. The third-order valence-electron chi connectivity index (χ3n) is 3.34. The minimum atomic E-state index is -1.19. The maximum atomic E-state index is 12.3. The Balaban J connectivity index is 2.33. The number of rotatable bonds is 2. The SMILES string of the molecule is Nc1c2c(cc(=O)n1-c1cc(Br)cc(C(=O)O)c1)C(=O)NC2=O. The molecule has 2 heterocycles. The van der Waals surface area contributed by atoms with E-state index >= 15 is 0 Å². The number of carbonyl (C=O) groups excluding carboxylic acids is 2. The van der Waals surface area contributed by atoms with Gasteiger partial charge in [-0.25, -0.2) is 4.79 Å². The van der Waals surface area contributed by atoms with Gasteiger partial charge in [0.05, 0.1) is 22.4 Å². The van der Waals surface area contributed by atoms with E-state index in [1.165, 1.54) is 18.2 Å². The molecule has 2 aromatic rings. The predicted molar refractivity (Wildman–Crippen MR) is 82.9 cm³/mol. The van der Waals surface area contributed by atoms with Crippen LogP contribution >= 0.6 is 15.9 Å². The number of hydrogen-bond donors (Lipinski definition) is 3. The molecule has 116 valence electrons. The fourth-order valence-corrected chi connectivity index (χ4v) is 2.85. The predicted octanol–water partition coefficient (Wildman–Crippen LogP) is 0.764. The number of anilines is 1. The molecule has 0 radical (unpaired) electrons. The number of carboxylic acid groups (broad SMARTS) is 1. The standard InChI is InChI=1S/C14H8BrN3O5/c15-6-1-5(14(22)23)2-7(3-6)18-9(19)4-8-10(11(18)16)13(21)17-12(8)20/h1-4H,16H2,(H,22,23)(H,17,20,21). The normalized spacial score (nSPS) is 12.9. The summed E-state index contributed by atoms with van der Waals surface area (Å²) in [5, 5.41) is 11.2. The summed E-state index contributed by atoms with van der Waals surface area (Å²) in [5.74, 6) is -2.82. The number of nitrogens with zero attached hydrogens (tertiary/aromatic N) is 1. The van der Waals surface area contributed by atoms with Gasteiger partial charge in [-0.15, -0.1) is 0 Å². The average Bonchev–Trinajstić information content (AvgIpc) is 2.73. The van der Waals surface area contributed by atoms with E-state index in [-0.39, 0.29) is 28.2 Å². The number of amides is 2. The van der Waals surface area contributed by atoms with E-state index in [2.05, 4.69) is 21.2 Å². The first-order valence-electron chi connectivity index (χ1n) is 6.25. The van der Waals surface area contributed by atoms with Crippen LogP contribution in [-0.2, 0) is 0 Å². The molecule has 0 bridgehead atoms. The fourth-order valence-electron chi connectivity index (χ4n) is 2.37. The highest BCUT2D eigenvalue weighted by atomic mass is 79.9. The van der Waals surface area contributed by atoms with Crippen molar-refractivity contribution in [2.75, 3.05) is 5.73 Å². The molecule has 23 heavy (non-hydrogen) atoms. The number of fused-ring (bicyclic) bond motifs is 1. The number of carbonyl (C=O) groups is 3. The van der Waals surface area contributed by atoms with E-state index in [0.29, 0.717) is 4.47 Å². The number of halogens is 1. The molecule has 0 fully saturated rings.